The van der Waals surface area contributed by atoms with E-state index in [4.69, 9.17) is 21.4 Å². The fourth-order valence-electron chi connectivity index (χ4n) is 1.56. The molecule has 1 aromatic carbocycles. The Kier molecular flexibility index (Phi) is 6.31. The van der Waals surface area contributed by atoms with Crippen LogP contribution < -0.4 is 10.1 Å². The minimum absolute atomic E-state index is 0.0137. The highest BCUT2D eigenvalue weighted by Gasteiger charge is 2.20. The highest BCUT2D eigenvalue weighted by molar-refractivity contribution is 6.32. The van der Waals surface area contributed by atoms with E-state index >= 15 is 0 Å². The summed E-state index contributed by atoms with van der Waals surface area (Å²) in [4.78, 5) is 22.9. The molecule has 110 valence electrons. The molecule has 1 amide bonds. The molecule has 1 rings (SSSR count). The topological polar surface area (TPSA) is 75.6 Å². The van der Waals surface area contributed by atoms with Crippen LogP contribution in [0.2, 0.25) is 5.02 Å². The van der Waals surface area contributed by atoms with Gasteiger partial charge in [-0.25, -0.2) is 4.79 Å². The number of aromatic carboxylic acids is 1. The number of nitrogens with one attached hydrogen (secondary N) is 1. The molecule has 2 N–H and O–H groups in total. The molecule has 0 aliphatic carbocycles. The number of unbranched alkanes of at least 4 members (excludes halogenated alkanes) is 1. The van der Waals surface area contributed by atoms with E-state index < -0.39 is 12.1 Å². The Morgan fingerprint density at radius 2 is 2.15 bits per heavy atom. The average Bonchev–Trinajstić information content (AvgIpc) is 2.40. The molecule has 0 aliphatic heterocycles. The first-order valence-corrected chi connectivity index (χ1v) is 6.81. The maximum absolute atomic E-state index is 11.8. The number of carboxylic acid groups (broad SMARTS) is 1. The quantitative estimate of drug-likeness (QED) is 0.759. The lowest BCUT2D eigenvalue weighted by Crippen LogP contribution is -2.37. The van der Waals surface area contributed by atoms with Crippen molar-refractivity contribution in [2.75, 3.05) is 6.54 Å². The molecule has 0 fully saturated rings. The molecular formula is C14H18ClNO4. The van der Waals surface area contributed by atoms with Gasteiger partial charge in [-0.05, 0) is 25.5 Å². The van der Waals surface area contributed by atoms with Crippen molar-refractivity contribution in [3.63, 3.8) is 0 Å². The van der Waals surface area contributed by atoms with Crippen LogP contribution in [0.4, 0.5) is 0 Å². The largest absolute Gasteiger partial charge is 0.478 e. The smallest absolute Gasteiger partial charge is 0.339 e. The summed E-state index contributed by atoms with van der Waals surface area (Å²) in [5, 5.41) is 12.0. The summed E-state index contributed by atoms with van der Waals surface area (Å²) in [7, 11) is 0. The van der Waals surface area contributed by atoms with Gasteiger partial charge in [0.2, 0.25) is 0 Å². The van der Waals surface area contributed by atoms with Crippen LogP contribution in [-0.2, 0) is 4.79 Å². The highest BCUT2D eigenvalue weighted by atomic mass is 35.5. The number of carbonyl (C=O) groups excluding carboxylic acids is 1. The summed E-state index contributed by atoms with van der Waals surface area (Å²) in [6, 6.07) is 4.42. The summed E-state index contributed by atoms with van der Waals surface area (Å²) in [5.74, 6) is -1.43. The number of para-hydroxylation sites is 1. The molecule has 0 saturated heterocycles. The monoisotopic (exact) mass is 299 g/mol. The number of hydrogen-bond acceptors (Lipinski definition) is 3. The number of hydrogen-bond donors (Lipinski definition) is 2. The first-order valence-electron chi connectivity index (χ1n) is 6.43. The van der Waals surface area contributed by atoms with Crippen LogP contribution in [-0.4, -0.2) is 29.6 Å². The van der Waals surface area contributed by atoms with Gasteiger partial charge in [0.15, 0.2) is 11.9 Å². The molecule has 1 atom stereocenters. The molecule has 0 aliphatic rings. The molecule has 0 radical (unpaired) electrons. The van der Waals surface area contributed by atoms with Gasteiger partial charge in [-0.15, -0.1) is 0 Å². The Morgan fingerprint density at radius 1 is 1.45 bits per heavy atom. The van der Waals surface area contributed by atoms with E-state index in [2.05, 4.69) is 5.32 Å². The summed E-state index contributed by atoms with van der Waals surface area (Å²) >= 11 is 5.93. The van der Waals surface area contributed by atoms with Crippen LogP contribution in [0.25, 0.3) is 0 Å². The predicted molar refractivity (Wildman–Crippen MR) is 76.4 cm³/mol. The number of halogens is 1. The van der Waals surface area contributed by atoms with Gasteiger partial charge in [0.25, 0.3) is 5.91 Å². The van der Waals surface area contributed by atoms with Crippen molar-refractivity contribution in [1.29, 1.82) is 0 Å². The molecule has 0 heterocycles. The number of ether oxygens (including phenoxy) is 1. The number of carboxylic acids is 1. The van der Waals surface area contributed by atoms with E-state index in [9.17, 15) is 9.59 Å². The second kappa shape index (κ2) is 7.75. The van der Waals surface area contributed by atoms with E-state index in [1.807, 2.05) is 6.92 Å². The molecule has 0 aromatic heterocycles. The van der Waals surface area contributed by atoms with Crippen LogP contribution in [0.5, 0.6) is 5.75 Å². The Hall–Kier alpha value is -1.75. The number of rotatable bonds is 7. The minimum atomic E-state index is -1.15. The third-order valence-corrected chi connectivity index (χ3v) is 2.99. The van der Waals surface area contributed by atoms with Gasteiger partial charge in [-0.3, -0.25) is 4.79 Å². The molecule has 5 nitrogen and oxygen atoms in total. The first-order chi connectivity index (χ1) is 9.47. The van der Waals surface area contributed by atoms with Crippen molar-refractivity contribution in [3.05, 3.63) is 28.8 Å². The van der Waals surface area contributed by atoms with Gasteiger partial charge in [0.05, 0.1) is 5.02 Å². The van der Waals surface area contributed by atoms with Crippen LogP contribution in [0, 0.1) is 0 Å². The summed E-state index contributed by atoms with van der Waals surface area (Å²) in [6.07, 6.45) is 1.04. The summed E-state index contributed by atoms with van der Waals surface area (Å²) < 4.78 is 5.41. The molecule has 1 unspecified atom stereocenters. The third kappa shape index (κ3) is 4.42. The zero-order valence-corrected chi connectivity index (χ0v) is 12.2. The molecule has 1 aromatic rings. The van der Waals surface area contributed by atoms with E-state index in [1.54, 1.807) is 6.92 Å². The fourth-order valence-corrected chi connectivity index (χ4v) is 1.78. The summed E-state index contributed by atoms with van der Waals surface area (Å²) in [6.45, 7) is 4.14. The Bertz CT molecular complexity index is 490. The zero-order chi connectivity index (χ0) is 15.1. The Labute approximate surface area is 122 Å². The molecule has 0 bridgehead atoms. The molecule has 6 heteroatoms. The zero-order valence-electron chi connectivity index (χ0n) is 11.5. The standard InChI is InChI=1S/C14H18ClNO4/c1-3-4-8-16-13(17)9(2)20-12-10(14(18)19)6-5-7-11(12)15/h5-7,9H,3-4,8H2,1-2H3,(H,16,17)(H,18,19). The van der Waals surface area contributed by atoms with Crippen LogP contribution in [0.3, 0.4) is 0 Å². The molecule has 0 spiro atoms. The second-order valence-corrected chi connectivity index (χ2v) is 4.73. The summed E-state index contributed by atoms with van der Waals surface area (Å²) in [5.41, 5.74) is -0.0642. The van der Waals surface area contributed by atoms with Crippen LogP contribution in [0.15, 0.2) is 18.2 Å². The van der Waals surface area contributed by atoms with Crippen molar-refractivity contribution in [3.8, 4) is 5.75 Å². The predicted octanol–water partition coefficient (Wildman–Crippen LogP) is 2.72. The molecule has 20 heavy (non-hydrogen) atoms. The minimum Gasteiger partial charge on any atom is -0.478 e. The number of amides is 1. The lowest BCUT2D eigenvalue weighted by Gasteiger charge is -2.17. The number of benzene rings is 1. The maximum Gasteiger partial charge on any atom is 0.339 e. The fraction of sp³-hybridized carbons (Fsp3) is 0.429. The second-order valence-electron chi connectivity index (χ2n) is 4.33. The van der Waals surface area contributed by atoms with Crippen molar-refractivity contribution in [2.24, 2.45) is 0 Å². The average molecular weight is 300 g/mol. The normalized spacial score (nSPS) is 11.8. The van der Waals surface area contributed by atoms with Crippen molar-refractivity contribution in [2.45, 2.75) is 32.8 Å². The van der Waals surface area contributed by atoms with Crippen LogP contribution in [0.1, 0.15) is 37.0 Å². The van der Waals surface area contributed by atoms with Crippen molar-refractivity contribution in [1.82, 2.24) is 5.32 Å². The van der Waals surface area contributed by atoms with Crippen molar-refractivity contribution < 1.29 is 19.4 Å². The maximum atomic E-state index is 11.8. The van der Waals surface area contributed by atoms with Crippen molar-refractivity contribution >= 4 is 23.5 Å². The van der Waals surface area contributed by atoms with E-state index in [0.29, 0.717) is 6.54 Å². The van der Waals surface area contributed by atoms with Gasteiger partial charge >= 0.3 is 5.97 Å². The molecule has 0 saturated carbocycles. The Balaban J connectivity index is 2.77. The third-order valence-electron chi connectivity index (χ3n) is 2.69. The van der Waals surface area contributed by atoms with Gasteiger partial charge in [0.1, 0.15) is 5.56 Å². The first kappa shape index (κ1) is 16.3. The highest BCUT2D eigenvalue weighted by Crippen LogP contribution is 2.29. The lowest BCUT2D eigenvalue weighted by atomic mass is 10.2. The van der Waals surface area contributed by atoms with E-state index in [-0.39, 0.29) is 22.2 Å². The number of carbonyl (C=O) groups is 2. The van der Waals surface area contributed by atoms with Crippen LogP contribution >= 0.6 is 11.6 Å². The van der Waals surface area contributed by atoms with Gasteiger partial charge in [0, 0.05) is 6.54 Å². The van der Waals surface area contributed by atoms with Gasteiger partial charge in [-0.2, -0.15) is 0 Å². The van der Waals surface area contributed by atoms with E-state index in [0.717, 1.165) is 12.8 Å². The lowest BCUT2D eigenvalue weighted by molar-refractivity contribution is -0.127. The molecular weight excluding hydrogens is 282 g/mol. The van der Waals surface area contributed by atoms with Gasteiger partial charge < -0.3 is 15.2 Å². The SMILES string of the molecule is CCCCNC(=O)C(C)Oc1c(Cl)cccc1C(=O)O. The van der Waals surface area contributed by atoms with Gasteiger partial charge in [-0.1, -0.05) is 31.0 Å². The van der Waals surface area contributed by atoms with E-state index in [1.165, 1.54) is 18.2 Å². The Morgan fingerprint density at radius 3 is 2.75 bits per heavy atom.